The minimum absolute atomic E-state index is 0.116. The van der Waals surface area contributed by atoms with Crippen molar-refractivity contribution in [3.05, 3.63) is 69.5 Å². The van der Waals surface area contributed by atoms with Crippen molar-refractivity contribution in [2.24, 2.45) is 0 Å². The van der Waals surface area contributed by atoms with Gasteiger partial charge in [0.25, 0.3) is 0 Å². The number of benzene rings is 2. The predicted octanol–water partition coefficient (Wildman–Crippen LogP) is 5.77. The molecule has 0 aromatic heterocycles. The van der Waals surface area contributed by atoms with E-state index in [9.17, 15) is 4.39 Å². The lowest BCUT2D eigenvalue weighted by Gasteiger charge is -2.13. The van der Waals surface area contributed by atoms with Gasteiger partial charge in [0.05, 0.1) is 0 Å². The molecule has 0 fully saturated rings. The monoisotopic (exact) mass is 340 g/mol. The van der Waals surface area contributed by atoms with E-state index in [1.165, 1.54) is 5.56 Å². The van der Waals surface area contributed by atoms with Crippen LogP contribution in [0.3, 0.4) is 0 Å². The zero-order valence-corrected chi connectivity index (χ0v) is 13.2. The molecule has 1 atom stereocenters. The Balaban J connectivity index is 2.20. The zero-order chi connectivity index (χ0) is 14.0. The molecule has 2 aromatic rings. The number of aryl methyl sites for hydroxylation is 2. The minimum Gasteiger partial charge on any atom is -0.206 e. The Morgan fingerprint density at radius 1 is 1.11 bits per heavy atom. The molecular formula is C16H15BrClF. The summed E-state index contributed by atoms with van der Waals surface area (Å²) in [5.41, 5.74) is 3.68. The van der Waals surface area contributed by atoms with Gasteiger partial charge in [-0.3, -0.25) is 0 Å². The molecule has 19 heavy (non-hydrogen) atoms. The van der Waals surface area contributed by atoms with Crippen LogP contribution in [-0.4, -0.2) is 0 Å². The first-order valence-electron chi connectivity index (χ1n) is 6.12. The molecular weight excluding hydrogens is 327 g/mol. The first kappa shape index (κ1) is 14.5. The average molecular weight is 342 g/mol. The van der Waals surface area contributed by atoms with Gasteiger partial charge in [-0.15, -0.1) is 0 Å². The molecule has 0 radical (unpaired) electrons. The first-order chi connectivity index (χ1) is 8.97. The van der Waals surface area contributed by atoms with Gasteiger partial charge in [-0.2, -0.15) is 0 Å². The second-order valence-corrected chi connectivity index (χ2v) is 6.31. The average Bonchev–Trinajstić information content (AvgIpc) is 2.38. The van der Waals surface area contributed by atoms with Crippen molar-refractivity contribution in [3.8, 4) is 0 Å². The number of halogens is 3. The second kappa shape index (κ2) is 6.06. The van der Waals surface area contributed by atoms with Crippen molar-refractivity contribution in [3.63, 3.8) is 0 Å². The summed E-state index contributed by atoms with van der Waals surface area (Å²) in [5, 5.41) is 0.739. The fourth-order valence-corrected chi connectivity index (χ4v) is 2.87. The first-order valence-corrected chi connectivity index (χ1v) is 7.42. The van der Waals surface area contributed by atoms with Crippen LogP contribution in [0.1, 0.15) is 27.1 Å². The van der Waals surface area contributed by atoms with Gasteiger partial charge < -0.3 is 0 Å². The summed E-state index contributed by atoms with van der Waals surface area (Å²) >= 11 is 9.55. The molecule has 100 valence electrons. The van der Waals surface area contributed by atoms with Crippen molar-refractivity contribution in [1.29, 1.82) is 0 Å². The highest BCUT2D eigenvalue weighted by Gasteiger charge is 2.12. The summed E-state index contributed by atoms with van der Waals surface area (Å²) in [7, 11) is 0. The number of alkyl halides is 1. The highest BCUT2D eigenvalue weighted by molar-refractivity contribution is 9.09. The van der Waals surface area contributed by atoms with E-state index in [2.05, 4.69) is 15.9 Å². The van der Waals surface area contributed by atoms with Crippen LogP contribution in [0.2, 0.25) is 5.02 Å². The fourth-order valence-electron chi connectivity index (χ4n) is 2.11. The maximum Gasteiger partial charge on any atom is 0.129 e. The molecule has 0 aliphatic heterocycles. The van der Waals surface area contributed by atoms with Gasteiger partial charge in [-0.1, -0.05) is 51.8 Å². The van der Waals surface area contributed by atoms with Crippen LogP contribution in [0.25, 0.3) is 0 Å². The lowest BCUT2D eigenvalue weighted by Crippen LogP contribution is -1.99. The summed E-state index contributed by atoms with van der Waals surface area (Å²) < 4.78 is 13.6. The molecule has 2 aromatic carbocycles. The summed E-state index contributed by atoms with van der Waals surface area (Å²) in [6.07, 6.45) is 0.849. The van der Waals surface area contributed by atoms with Gasteiger partial charge in [0.1, 0.15) is 5.82 Å². The van der Waals surface area contributed by atoms with Crippen molar-refractivity contribution < 1.29 is 4.39 Å². The topological polar surface area (TPSA) is 0 Å². The summed E-state index contributed by atoms with van der Waals surface area (Å²) in [4.78, 5) is 0.173. The lowest BCUT2D eigenvalue weighted by molar-refractivity contribution is 0.608. The van der Waals surface area contributed by atoms with Gasteiger partial charge in [-0.25, -0.2) is 4.39 Å². The van der Waals surface area contributed by atoms with E-state index in [1.807, 2.05) is 36.4 Å². The standard InChI is InChI=1S/C16H15BrClF/c1-10-7-13(8-11(2)16(10)19)15(17)9-12-3-5-14(18)6-4-12/h3-8,15H,9H2,1-2H3. The number of rotatable bonds is 3. The van der Waals surface area contributed by atoms with Gasteiger partial charge in [0.15, 0.2) is 0 Å². The zero-order valence-electron chi connectivity index (χ0n) is 10.9. The Hall–Kier alpha value is -0.860. The smallest absolute Gasteiger partial charge is 0.129 e. The second-order valence-electron chi connectivity index (χ2n) is 4.77. The minimum atomic E-state index is -0.116. The van der Waals surface area contributed by atoms with Gasteiger partial charge in [-0.05, 0) is 54.7 Å². The third kappa shape index (κ3) is 3.58. The molecule has 1 unspecified atom stereocenters. The number of hydrogen-bond donors (Lipinski definition) is 0. The SMILES string of the molecule is Cc1cc(C(Br)Cc2ccc(Cl)cc2)cc(C)c1F. The third-order valence-corrected chi connectivity index (χ3v) is 4.25. The van der Waals surface area contributed by atoms with Crippen LogP contribution in [0, 0.1) is 19.7 Å². The molecule has 0 heterocycles. The summed E-state index contributed by atoms with van der Waals surface area (Å²) in [6.45, 7) is 3.60. The maximum atomic E-state index is 13.6. The molecule has 0 spiro atoms. The predicted molar refractivity (Wildman–Crippen MR) is 82.7 cm³/mol. The van der Waals surface area contributed by atoms with Crippen molar-refractivity contribution in [2.45, 2.75) is 25.1 Å². The van der Waals surface area contributed by atoms with E-state index in [0.717, 1.165) is 17.0 Å². The molecule has 0 aliphatic carbocycles. The maximum absolute atomic E-state index is 13.6. The van der Waals surface area contributed by atoms with Crippen LogP contribution in [-0.2, 0) is 6.42 Å². The van der Waals surface area contributed by atoms with E-state index in [-0.39, 0.29) is 10.6 Å². The van der Waals surface area contributed by atoms with Crippen molar-refractivity contribution >= 4 is 27.5 Å². The van der Waals surface area contributed by atoms with E-state index in [4.69, 9.17) is 11.6 Å². The third-order valence-electron chi connectivity index (χ3n) is 3.15. The molecule has 0 saturated heterocycles. The Morgan fingerprint density at radius 2 is 1.63 bits per heavy atom. The molecule has 2 rings (SSSR count). The Morgan fingerprint density at radius 3 is 2.16 bits per heavy atom. The largest absolute Gasteiger partial charge is 0.206 e. The highest BCUT2D eigenvalue weighted by atomic mass is 79.9. The normalized spacial score (nSPS) is 12.5. The van der Waals surface area contributed by atoms with E-state index in [1.54, 1.807) is 13.8 Å². The molecule has 0 saturated carbocycles. The highest BCUT2D eigenvalue weighted by Crippen LogP contribution is 2.30. The molecule has 0 bridgehead atoms. The van der Waals surface area contributed by atoms with E-state index in [0.29, 0.717) is 11.1 Å². The quantitative estimate of drug-likeness (QED) is 0.621. The molecule has 3 heteroatoms. The van der Waals surface area contributed by atoms with Crippen LogP contribution in [0.15, 0.2) is 36.4 Å². The molecule has 0 nitrogen and oxygen atoms in total. The Labute approximate surface area is 126 Å². The summed E-state index contributed by atoms with van der Waals surface area (Å²) in [5.74, 6) is -0.116. The fraction of sp³-hybridized carbons (Fsp3) is 0.250. The van der Waals surface area contributed by atoms with Gasteiger partial charge >= 0.3 is 0 Å². The van der Waals surface area contributed by atoms with Crippen LogP contribution in [0.5, 0.6) is 0 Å². The Kier molecular flexibility index (Phi) is 4.64. The number of hydrogen-bond acceptors (Lipinski definition) is 0. The molecule has 0 N–H and O–H groups in total. The van der Waals surface area contributed by atoms with E-state index < -0.39 is 0 Å². The molecule has 0 amide bonds. The van der Waals surface area contributed by atoms with Crippen LogP contribution >= 0.6 is 27.5 Å². The van der Waals surface area contributed by atoms with E-state index >= 15 is 0 Å². The van der Waals surface area contributed by atoms with Crippen LogP contribution < -0.4 is 0 Å². The Bertz CT molecular complexity index is 555. The molecule has 0 aliphatic rings. The van der Waals surface area contributed by atoms with Crippen molar-refractivity contribution in [2.75, 3.05) is 0 Å². The lowest BCUT2D eigenvalue weighted by atomic mass is 10.00. The van der Waals surface area contributed by atoms with Crippen LogP contribution in [0.4, 0.5) is 4.39 Å². The summed E-state index contributed by atoms with van der Waals surface area (Å²) in [6, 6.07) is 11.6. The van der Waals surface area contributed by atoms with Gasteiger partial charge in [0.2, 0.25) is 0 Å². The van der Waals surface area contributed by atoms with Gasteiger partial charge in [0, 0.05) is 9.85 Å². The van der Waals surface area contributed by atoms with Crippen molar-refractivity contribution in [1.82, 2.24) is 0 Å².